The molecule has 1 N–H and O–H groups in total. The molecular weight excluding hydrogens is 445 g/mol. The van der Waals surface area contributed by atoms with E-state index in [1.807, 2.05) is 26.4 Å². The van der Waals surface area contributed by atoms with Crippen molar-refractivity contribution in [2.24, 2.45) is 0 Å². The molecule has 0 aliphatic heterocycles. The first-order valence-corrected chi connectivity index (χ1v) is 11.1. The second kappa shape index (κ2) is 9.87. The van der Waals surface area contributed by atoms with Crippen LogP contribution in [0.3, 0.4) is 0 Å². The van der Waals surface area contributed by atoms with E-state index in [4.69, 9.17) is 37.7 Å². The first kappa shape index (κ1) is 22.7. The number of pyridine rings is 1. The van der Waals surface area contributed by atoms with Crippen molar-refractivity contribution in [3.05, 3.63) is 28.4 Å². The lowest BCUT2D eigenvalue weighted by Gasteiger charge is -2.17. The van der Waals surface area contributed by atoms with Gasteiger partial charge in [0.25, 0.3) is 0 Å². The van der Waals surface area contributed by atoms with E-state index in [-0.39, 0.29) is 0 Å². The molecule has 30 heavy (non-hydrogen) atoms. The number of thioether (sulfide) groups is 1. The summed E-state index contributed by atoms with van der Waals surface area (Å²) < 4.78 is 10.8. The van der Waals surface area contributed by atoms with Crippen molar-refractivity contribution < 1.29 is 9.47 Å². The van der Waals surface area contributed by atoms with Crippen molar-refractivity contribution in [2.75, 3.05) is 53.0 Å². The number of likely N-dealkylation sites (N-methyl/N-ethyl adjacent to an activating group) is 1. The number of hydrogen-bond donors (Lipinski definition) is 1. The van der Waals surface area contributed by atoms with Crippen LogP contribution in [-0.4, -0.2) is 67.5 Å². The maximum absolute atomic E-state index is 6.61. The Morgan fingerprint density at radius 3 is 2.30 bits per heavy atom. The van der Waals surface area contributed by atoms with Crippen LogP contribution in [0.5, 0.6) is 11.5 Å². The number of rotatable bonds is 8. The molecule has 0 saturated heterocycles. The van der Waals surface area contributed by atoms with Crippen LogP contribution in [-0.2, 0) is 0 Å². The van der Waals surface area contributed by atoms with Gasteiger partial charge in [-0.3, -0.25) is 0 Å². The predicted octanol–water partition coefficient (Wildman–Crippen LogP) is 4.71. The number of benzene rings is 1. The molecule has 0 aliphatic rings. The Bertz CT molecular complexity index is 1040. The molecule has 0 fully saturated rings. The third-order valence-electron chi connectivity index (χ3n) is 4.41. The van der Waals surface area contributed by atoms with Gasteiger partial charge in [-0.1, -0.05) is 35.0 Å². The molecule has 3 rings (SSSR count). The minimum Gasteiger partial charge on any atom is -0.495 e. The molecule has 0 bridgehead atoms. The third kappa shape index (κ3) is 4.67. The number of methoxy groups -OCH3 is 2. The van der Waals surface area contributed by atoms with E-state index in [1.165, 1.54) is 26.0 Å². The number of halogens is 2. The number of ether oxygens (including phenoxy) is 2. The predicted molar refractivity (Wildman–Crippen MR) is 125 cm³/mol. The summed E-state index contributed by atoms with van der Waals surface area (Å²) in [5, 5.41) is 5.58. The molecule has 0 unspecified atom stereocenters. The van der Waals surface area contributed by atoms with Gasteiger partial charge in [-0.15, -0.1) is 0 Å². The van der Waals surface area contributed by atoms with Gasteiger partial charge in [-0.25, -0.2) is 15.0 Å². The second-order valence-electron chi connectivity index (χ2n) is 6.66. The summed E-state index contributed by atoms with van der Waals surface area (Å²) in [5.41, 5.74) is 1.84. The molecule has 7 nitrogen and oxygen atoms in total. The molecule has 2 heterocycles. The molecule has 0 atom stereocenters. The van der Waals surface area contributed by atoms with Crippen LogP contribution < -0.4 is 14.8 Å². The fourth-order valence-corrected chi connectivity index (χ4v) is 3.92. The summed E-state index contributed by atoms with van der Waals surface area (Å²) in [6.45, 7) is 1.53. The van der Waals surface area contributed by atoms with Crippen molar-refractivity contribution in [2.45, 2.75) is 5.16 Å². The van der Waals surface area contributed by atoms with Crippen LogP contribution in [0.4, 0.5) is 5.82 Å². The van der Waals surface area contributed by atoms with E-state index in [9.17, 15) is 0 Å². The van der Waals surface area contributed by atoms with Crippen LogP contribution in [0.15, 0.2) is 23.5 Å². The summed E-state index contributed by atoms with van der Waals surface area (Å²) in [5.74, 6) is 1.53. The average Bonchev–Trinajstić information content (AvgIpc) is 2.73. The van der Waals surface area contributed by atoms with Crippen molar-refractivity contribution in [3.8, 4) is 22.8 Å². The first-order valence-electron chi connectivity index (χ1n) is 9.10. The Morgan fingerprint density at radius 2 is 1.73 bits per heavy atom. The number of nitrogens with one attached hydrogen (secondary N) is 1. The van der Waals surface area contributed by atoms with Gasteiger partial charge in [-0.2, -0.15) is 0 Å². The molecule has 10 heteroatoms. The molecule has 0 aliphatic carbocycles. The Hall–Kier alpha value is -2.00. The van der Waals surface area contributed by atoms with Gasteiger partial charge in [0, 0.05) is 36.3 Å². The molecule has 3 aromatic rings. The quantitative estimate of drug-likeness (QED) is 0.377. The highest BCUT2D eigenvalue weighted by Crippen LogP contribution is 2.46. The fourth-order valence-electron chi connectivity index (χ4n) is 2.88. The largest absolute Gasteiger partial charge is 0.495 e. The van der Waals surface area contributed by atoms with Crippen LogP contribution in [0.1, 0.15) is 0 Å². The molecule has 2 aromatic heterocycles. The molecule has 1 aromatic carbocycles. The molecule has 0 spiro atoms. The first-order chi connectivity index (χ1) is 14.4. The maximum Gasteiger partial charge on any atom is 0.187 e. The number of hydrogen-bond acceptors (Lipinski definition) is 8. The lowest BCUT2D eigenvalue weighted by atomic mass is 10.1. The van der Waals surface area contributed by atoms with Crippen molar-refractivity contribution >= 4 is 51.7 Å². The topological polar surface area (TPSA) is 72.4 Å². The summed E-state index contributed by atoms with van der Waals surface area (Å²) >= 11 is 14.7. The van der Waals surface area contributed by atoms with E-state index >= 15 is 0 Å². The monoisotopic (exact) mass is 467 g/mol. The van der Waals surface area contributed by atoms with Crippen molar-refractivity contribution in [1.29, 1.82) is 0 Å². The Labute approximate surface area is 190 Å². The van der Waals surface area contributed by atoms with E-state index in [1.54, 1.807) is 12.3 Å². The highest BCUT2D eigenvalue weighted by Gasteiger charge is 2.21. The van der Waals surface area contributed by atoms with E-state index < -0.39 is 0 Å². The number of anilines is 1. The normalized spacial score (nSPS) is 11.2. The minimum absolute atomic E-state index is 0.357. The van der Waals surface area contributed by atoms with Gasteiger partial charge in [-0.05, 0) is 26.4 Å². The second-order valence-corrected chi connectivity index (χ2v) is 8.19. The summed E-state index contributed by atoms with van der Waals surface area (Å²) in [4.78, 5) is 15.9. The standard InChI is InChI=1S/C20H23Cl2N5O2S/c1-27(2)7-6-23-19-18-11(10-24-20(26-18)30-5)8-12(25-19)15-16(21)13(28-3)9-14(29-4)17(15)22/h8-10H,6-7H2,1-5H3,(H,23,25). The minimum atomic E-state index is 0.357. The summed E-state index contributed by atoms with van der Waals surface area (Å²) in [7, 11) is 7.11. The van der Waals surface area contributed by atoms with Crippen LogP contribution in [0.2, 0.25) is 10.0 Å². The molecular formula is C20H23Cl2N5O2S. The lowest BCUT2D eigenvalue weighted by molar-refractivity contribution is 0.395. The maximum atomic E-state index is 6.61. The average molecular weight is 468 g/mol. The Balaban J connectivity index is 2.22. The highest BCUT2D eigenvalue weighted by molar-refractivity contribution is 7.98. The Kier molecular flexibility index (Phi) is 7.46. The van der Waals surface area contributed by atoms with E-state index in [2.05, 4.69) is 20.2 Å². The molecule has 0 radical (unpaired) electrons. The number of fused-ring (bicyclic) bond motifs is 1. The van der Waals surface area contributed by atoms with Crippen molar-refractivity contribution in [1.82, 2.24) is 19.9 Å². The zero-order chi connectivity index (χ0) is 21.8. The third-order valence-corrected chi connectivity index (χ3v) is 5.72. The van der Waals surface area contributed by atoms with Crippen LogP contribution in [0, 0.1) is 0 Å². The van der Waals surface area contributed by atoms with Gasteiger partial charge >= 0.3 is 0 Å². The zero-order valence-electron chi connectivity index (χ0n) is 17.4. The zero-order valence-corrected chi connectivity index (χ0v) is 19.7. The number of nitrogens with zero attached hydrogens (tertiary/aromatic N) is 4. The molecule has 160 valence electrons. The van der Waals surface area contributed by atoms with E-state index in [0.29, 0.717) is 50.3 Å². The van der Waals surface area contributed by atoms with Gasteiger partial charge in [0.15, 0.2) is 11.0 Å². The molecule has 0 saturated carbocycles. The summed E-state index contributed by atoms with van der Waals surface area (Å²) in [6, 6.07) is 3.52. The van der Waals surface area contributed by atoms with E-state index in [0.717, 1.165) is 17.4 Å². The van der Waals surface area contributed by atoms with Crippen molar-refractivity contribution in [3.63, 3.8) is 0 Å². The Morgan fingerprint density at radius 1 is 1.07 bits per heavy atom. The van der Waals surface area contributed by atoms with Gasteiger partial charge in [0.2, 0.25) is 0 Å². The lowest BCUT2D eigenvalue weighted by Crippen LogP contribution is -2.21. The van der Waals surface area contributed by atoms with Crippen LogP contribution in [0.25, 0.3) is 22.2 Å². The number of aromatic nitrogens is 3. The smallest absolute Gasteiger partial charge is 0.187 e. The van der Waals surface area contributed by atoms with Gasteiger partial charge in [0.05, 0.1) is 30.0 Å². The fraction of sp³-hybridized carbons (Fsp3) is 0.350. The van der Waals surface area contributed by atoms with Gasteiger partial charge < -0.3 is 19.7 Å². The highest BCUT2D eigenvalue weighted by atomic mass is 35.5. The molecule has 0 amide bonds. The van der Waals surface area contributed by atoms with Gasteiger partial charge in [0.1, 0.15) is 17.0 Å². The summed E-state index contributed by atoms with van der Waals surface area (Å²) in [6.07, 6.45) is 3.71. The SMILES string of the molecule is COc1cc(OC)c(Cl)c(-c2cc3cnc(SC)nc3c(NCCN(C)C)n2)c1Cl. The van der Waals surface area contributed by atoms with Crippen LogP contribution >= 0.6 is 35.0 Å².